The average molecular weight is 188 g/mol. The Bertz CT molecular complexity index is 380. The number of nitrogens with zero attached hydrogens (tertiary/aromatic N) is 1. The van der Waals surface area contributed by atoms with Crippen molar-refractivity contribution >= 4 is 5.57 Å². The smallest absolute Gasteiger partial charge is 0.116 e. The summed E-state index contributed by atoms with van der Waals surface area (Å²) in [6, 6.07) is 3.52. The molecular weight excluding hydrogens is 176 g/mol. The van der Waals surface area contributed by atoms with Crippen molar-refractivity contribution in [2.75, 3.05) is 0 Å². The van der Waals surface area contributed by atoms with Crippen LogP contribution in [0.3, 0.4) is 0 Å². The number of hydrogen-bond acceptors (Lipinski definition) is 3. The van der Waals surface area contributed by atoms with E-state index in [2.05, 4.69) is 18.1 Å². The predicted octanol–water partition coefficient (Wildman–Crippen LogP) is 2.01. The molecule has 0 saturated heterocycles. The van der Waals surface area contributed by atoms with Gasteiger partial charge < -0.3 is 10.8 Å². The van der Waals surface area contributed by atoms with Crippen LogP contribution in [0.4, 0.5) is 0 Å². The van der Waals surface area contributed by atoms with Crippen LogP contribution < -0.4 is 5.73 Å². The molecule has 3 N–H and O–H groups in total. The van der Waals surface area contributed by atoms with E-state index in [-0.39, 0.29) is 5.76 Å². The van der Waals surface area contributed by atoms with Gasteiger partial charge in [0.25, 0.3) is 0 Å². The fourth-order valence-electron chi connectivity index (χ4n) is 1.05. The average Bonchev–Trinajstić information content (AvgIpc) is 2.15. The highest BCUT2D eigenvalue weighted by atomic mass is 16.3. The molecule has 0 amide bonds. The molecule has 72 valence electrons. The lowest BCUT2D eigenvalue weighted by atomic mass is 10.1. The second-order valence-corrected chi connectivity index (χ2v) is 2.82. The molecule has 14 heavy (non-hydrogen) atoms. The third-order valence-electron chi connectivity index (χ3n) is 1.63. The van der Waals surface area contributed by atoms with Crippen molar-refractivity contribution in [3.05, 3.63) is 60.8 Å². The lowest BCUT2D eigenvalue weighted by Crippen LogP contribution is -1.94. The van der Waals surface area contributed by atoms with Gasteiger partial charge >= 0.3 is 0 Å². The summed E-state index contributed by atoms with van der Waals surface area (Å²) in [6.45, 7) is 6.99. The van der Waals surface area contributed by atoms with Gasteiger partial charge in [-0.2, -0.15) is 0 Å². The molecule has 0 saturated carbocycles. The predicted molar refractivity (Wildman–Crippen MR) is 57.3 cm³/mol. The van der Waals surface area contributed by atoms with Crippen LogP contribution in [0.25, 0.3) is 5.57 Å². The van der Waals surface area contributed by atoms with E-state index in [0.717, 1.165) is 5.56 Å². The summed E-state index contributed by atoms with van der Waals surface area (Å²) in [4.78, 5) is 3.87. The van der Waals surface area contributed by atoms with Gasteiger partial charge in [-0.1, -0.05) is 13.2 Å². The number of nitrogens with two attached hydrogens (primary N) is 1. The van der Waals surface area contributed by atoms with E-state index in [4.69, 9.17) is 5.73 Å². The summed E-state index contributed by atoms with van der Waals surface area (Å²) < 4.78 is 0. The number of aliphatic hydroxyl groups excluding tert-OH is 1. The molecule has 1 aromatic rings. The lowest BCUT2D eigenvalue weighted by Gasteiger charge is -2.05. The van der Waals surface area contributed by atoms with Gasteiger partial charge in [0.1, 0.15) is 5.76 Å². The van der Waals surface area contributed by atoms with E-state index >= 15 is 0 Å². The van der Waals surface area contributed by atoms with Gasteiger partial charge in [-0.3, -0.25) is 4.98 Å². The van der Waals surface area contributed by atoms with Crippen LogP contribution in [0.5, 0.6) is 0 Å². The van der Waals surface area contributed by atoms with Crippen LogP contribution in [0.2, 0.25) is 0 Å². The maximum atomic E-state index is 9.33. The van der Waals surface area contributed by atoms with Crippen LogP contribution in [0, 0.1) is 0 Å². The largest absolute Gasteiger partial charge is 0.508 e. The molecule has 0 fully saturated rings. The van der Waals surface area contributed by atoms with Gasteiger partial charge in [0, 0.05) is 23.7 Å². The molecule has 0 aliphatic heterocycles. The highest BCUT2D eigenvalue weighted by molar-refractivity contribution is 5.77. The monoisotopic (exact) mass is 188 g/mol. The van der Waals surface area contributed by atoms with Crippen LogP contribution in [0.1, 0.15) is 5.56 Å². The molecule has 0 radical (unpaired) electrons. The molecule has 0 spiro atoms. The Morgan fingerprint density at radius 2 is 1.93 bits per heavy atom. The summed E-state index contributed by atoms with van der Waals surface area (Å²) in [5, 5.41) is 9.33. The van der Waals surface area contributed by atoms with Crippen molar-refractivity contribution in [2.45, 2.75) is 0 Å². The van der Waals surface area contributed by atoms with E-state index in [0.29, 0.717) is 11.3 Å². The molecule has 1 rings (SSSR count). The molecule has 3 heteroatoms. The van der Waals surface area contributed by atoms with Gasteiger partial charge in [0.05, 0.1) is 0 Å². The minimum absolute atomic E-state index is 0.0391. The molecule has 0 aliphatic rings. The first-order valence-corrected chi connectivity index (χ1v) is 4.06. The van der Waals surface area contributed by atoms with Gasteiger partial charge in [0.2, 0.25) is 0 Å². The molecule has 3 nitrogen and oxygen atoms in total. The molecule has 0 atom stereocenters. The molecule has 0 unspecified atom stereocenters. The number of aromatic nitrogens is 1. The van der Waals surface area contributed by atoms with E-state index in [9.17, 15) is 5.11 Å². The molecular formula is C11H12N2O. The second kappa shape index (κ2) is 4.28. The Kier molecular flexibility index (Phi) is 3.07. The van der Waals surface area contributed by atoms with Crippen molar-refractivity contribution in [1.82, 2.24) is 4.98 Å². The second-order valence-electron chi connectivity index (χ2n) is 2.82. The van der Waals surface area contributed by atoms with Crippen molar-refractivity contribution < 1.29 is 5.11 Å². The highest BCUT2D eigenvalue weighted by Gasteiger charge is 2.03. The molecule has 0 bridgehead atoms. The summed E-state index contributed by atoms with van der Waals surface area (Å²) in [5.41, 5.74) is 7.16. The zero-order chi connectivity index (χ0) is 10.6. The van der Waals surface area contributed by atoms with E-state index < -0.39 is 0 Å². The number of rotatable bonds is 3. The fourth-order valence-corrected chi connectivity index (χ4v) is 1.05. The van der Waals surface area contributed by atoms with Crippen molar-refractivity contribution in [3.63, 3.8) is 0 Å². The fraction of sp³-hybridized carbons (Fsp3) is 0. The molecule has 1 heterocycles. The normalized spacial score (nSPS) is 11.0. The van der Waals surface area contributed by atoms with Crippen LogP contribution >= 0.6 is 0 Å². The standard InChI is InChI=1S/C11H12N2O/c1-8(12)7-11(9(2)14)10-3-5-13-6-4-10/h3-7,14H,1-2,12H2/b11-7+. The molecule has 1 aromatic heterocycles. The van der Waals surface area contributed by atoms with Crippen LogP contribution in [-0.4, -0.2) is 10.1 Å². The Labute approximate surface area is 82.9 Å². The SMILES string of the molecule is C=C(N)/C=C(\C(=C)O)c1ccncc1. The first-order chi connectivity index (χ1) is 6.61. The quantitative estimate of drug-likeness (QED) is 0.563. The molecule has 0 aliphatic carbocycles. The minimum Gasteiger partial charge on any atom is -0.508 e. The minimum atomic E-state index is -0.0391. The summed E-state index contributed by atoms with van der Waals surface area (Å²) >= 11 is 0. The number of allylic oxidation sites excluding steroid dienone is 2. The summed E-state index contributed by atoms with van der Waals surface area (Å²) in [5.74, 6) is -0.0391. The van der Waals surface area contributed by atoms with Gasteiger partial charge in [-0.05, 0) is 23.8 Å². The van der Waals surface area contributed by atoms with Crippen LogP contribution in [0.15, 0.2) is 55.2 Å². The van der Waals surface area contributed by atoms with Crippen molar-refractivity contribution in [1.29, 1.82) is 0 Å². The Balaban J connectivity index is 3.14. The van der Waals surface area contributed by atoms with Crippen LogP contribution in [-0.2, 0) is 0 Å². The number of pyridine rings is 1. The van der Waals surface area contributed by atoms with E-state index in [1.54, 1.807) is 30.6 Å². The zero-order valence-corrected chi connectivity index (χ0v) is 7.77. The first kappa shape index (κ1) is 10.1. The topological polar surface area (TPSA) is 59.1 Å². The highest BCUT2D eigenvalue weighted by Crippen LogP contribution is 2.19. The third kappa shape index (κ3) is 2.48. The summed E-state index contributed by atoms with van der Waals surface area (Å²) in [7, 11) is 0. The van der Waals surface area contributed by atoms with Gasteiger partial charge in [-0.25, -0.2) is 0 Å². The summed E-state index contributed by atoms with van der Waals surface area (Å²) in [6.07, 6.45) is 4.83. The zero-order valence-electron chi connectivity index (χ0n) is 7.77. The number of aliphatic hydroxyl groups is 1. The van der Waals surface area contributed by atoms with Crippen molar-refractivity contribution in [2.24, 2.45) is 5.73 Å². The van der Waals surface area contributed by atoms with Crippen molar-refractivity contribution in [3.8, 4) is 0 Å². The third-order valence-corrected chi connectivity index (χ3v) is 1.63. The Morgan fingerprint density at radius 1 is 1.36 bits per heavy atom. The lowest BCUT2D eigenvalue weighted by molar-refractivity contribution is 0.440. The van der Waals surface area contributed by atoms with Gasteiger partial charge in [-0.15, -0.1) is 0 Å². The number of hydrogen-bond donors (Lipinski definition) is 2. The maximum absolute atomic E-state index is 9.33. The van der Waals surface area contributed by atoms with Gasteiger partial charge in [0.15, 0.2) is 0 Å². The Morgan fingerprint density at radius 3 is 2.36 bits per heavy atom. The Hall–Kier alpha value is -2.03. The van der Waals surface area contributed by atoms with E-state index in [1.807, 2.05) is 0 Å². The maximum Gasteiger partial charge on any atom is 0.116 e. The van der Waals surface area contributed by atoms with E-state index in [1.165, 1.54) is 0 Å². The first-order valence-electron chi connectivity index (χ1n) is 4.06. The molecule has 0 aromatic carbocycles.